The Labute approximate surface area is 173 Å². The number of methoxy groups -OCH3 is 1. The van der Waals surface area contributed by atoms with Gasteiger partial charge in [-0.25, -0.2) is 4.98 Å². The molecule has 5 rings (SSSR count). The molecule has 1 aliphatic rings. The summed E-state index contributed by atoms with van der Waals surface area (Å²) in [7, 11) is 1.56. The first-order valence-electron chi connectivity index (χ1n) is 8.91. The number of hydrogen-bond acceptors (Lipinski definition) is 8. The minimum atomic E-state index is -0.979. The molecule has 0 fully saturated rings. The van der Waals surface area contributed by atoms with Gasteiger partial charge in [0.25, 0.3) is 5.91 Å². The molecule has 0 spiro atoms. The average molecular weight is 422 g/mol. The van der Waals surface area contributed by atoms with Crippen molar-refractivity contribution in [3.8, 4) is 5.75 Å². The monoisotopic (exact) mass is 422 g/mol. The van der Waals surface area contributed by atoms with Gasteiger partial charge in [0, 0.05) is 0 Å². The normalized spacial score (nSPS) is 16.6. The molecule has 1 aromatic carbocycles. The number of aliphatic hydroxyl groups is 1. The van der Waals surface area contributed by atoms with E-state index in [2.05, 4.69) is 4.98 Å². The van der Waals surface area contributed by atoms with Gasteiger partial charge in [0.15, 0.2) is 16.7 Å². The summed E-state index contributed by atoms with van der Waals surface area (Å²) in [6, 6.07) is 10.7. The summed E-state index contributed by atoms with van der Waals surface area (Å²) < 4.78 is 16.7. The first-order chi connectivity index (χ1) is 14.6. The topological polar surface area (TPSA) is 106 Å². The van der Waals surface area contributed by atoms with E-state index in [1.807, 2.05) is 0 Å². The van der Waals surface area contributed by atoms with Crippen LogP contribution in [-0.2, 0) is 4.79 Å². The largest absolute Gasteiger partial charge is 0.503 e. The van der Waals surface area contributed by atoms with E-state index in [0.717, 1.165) is 4.70 Å². The van der Waals surface area contributed by atoms with Gasteiger partial charge in [0.1, 0.15) is 17.6 Å². The van der Waals surface area contributed by atoms with Crippen molar-refractivity contribution < 1.29 is 28.3 Å². The highest BCUT2D eigenvalue weighted by Gasteiger charge is 2.47. The Balaban J connectivity index is 1.65. The Morgan fingerprint density at radius 1 is 1.20 bits per heavy atom. The number of benzene rings is 1. The van der Waals surface area contributed by atoms with E-state index in [4.69, 9.17) is 13.6 Å². The zero-order valence-electron chi connectivity index (χ0n) is 15.6. The number of aromatic nitrogens is 1. The second-order valence-corrected chi connectivity index (χ2v) is 7.50. The fourth-order valence-electron chi connectivity index (χ4n) is 3.41. The zero-order valence-corrected chi connectivity index (χ0v) is 16.4. The van der Waals surface area contributed by atoms with Gasteiger partial charge in [-0.3, -0.25) is 14.5 Å². The maximum Gasteiger partial charge on any atom is 0.296 e. The van der Waals surface area contributed by atoms with Gasteiger partial charge in [-0.1, -0.05) is 11.3 Å². The predicted molar refractivity (Wildman–Crippen MR) is 108 cm³/mol. The lowest BCUT2D eigenvalue weighted by atomic mass is 10.00. The molecule has 1 aliphatic heterocycles. The number of nitrogens with zero attached hydrogens (tertiary/aromatic N) is 2. The molecule has 0 saturated heterocycles. The number of Topliss-reactive ketones (excluding diaryl/α,β-unsaturated/α-hetero) is 1. The van der Waals surface area contributed by atoms with Gasteiger partial charge >= 0.3 is 0 Å². The van der Waals surface area contributed by atoms with Gasteiger partial charge in [0.2, 0.25) is 5.78 Å². The number of fused-ring (bicyclic) bond motifs is 1. The second kappa shape index (κ2) is 6.89. The van der Waals surface area contributed by atoms with Crippen LogP contribution in [0.5, 0.6) is 5.75 Å². The predicted octanol–water partition coefficient (Wildman–Crippen LogP) is 4.27. The van der Waals surface area contributed by atoms with E-state index < -0.39 is 23.5 Å². The lowest BCUT2D eigenvalue weighted by molar-refractivity contribution is -0.117. The summed E-state index contributed by atoms with van der Waals surface area (Å²) in [6.45, 7) is 0. The van der Waals surface area contributed by atoms with Gasteiger partial charge in [-0.2, -0.15) is 0 Å². The van der Waals surface area contributed by atoms with E-state index in [1.54, 1.807) is 43.5 Å². The standard InChI is InChI=1S/C21H14N2O6S/c1-27-11-6-7-12-15(10-11)30-21(22-12)23-17(13-4-2-8-28-13)16(19(25)20(23)26)18(24)14-5-3-9-29-14/h2-10,17,25H,1H3/t17-/m1/s1. The average Bonchev–Trinajstić information content (AvgIpc) is 3.54. The number of ketones is 1. The Morgan fingerprint density at radius 3 is 2.70 bits per heavy atom. The fraction of sp³-hybridized carbons (Fsp3) is 0.0952. The second-order valence-electron chi connectivity index (χ2n) is 6.49. The van der Waals surface area contributed by atoms with Crippen LogP contribution in [0, 0.1) is 0 Å². The molecule has 1 atom stereocenters. The first kappa shape index (κ1) is 18.2. The minimum Gasteiger partial charge on any atom is -0.503 e. The minimum absolute atomic E-state index is 0.0109. The molecule has 8 nitrogen and oxygen atoms in total. The molecular formula is C21H14N2O6S. The van der Waals surface area contributed by atoms with Crippen molar-refractivity contribution in [2.24, 2.45) is 0 Å². The van der Waals surface area contributed by atoms with Crippen LogP contribution in [0.1, 0.15) is 22.4 Å². The van der Waals surface area contributed by atoms with Gasteiger partial charge in [-0.15, -0.1) is 0 Å². The molecule has 0 saturated carbocycles. The highest BCUT2D eigenvalue weighted by atomic mass is 32.1. The number of carbonyl (C=O) groups excluding carboxylic acids is 2. The Bertz CT molecular complexity index is 1290. The third kappa shape index (κ3) is 2.71. The quantitative estimate of drug-likeness (QED) is 0.479. The van der Waals surface area contributed by atoms with E-state index in [0.29, 0.717) is 22.2 Å². The first-order valence-corrected chi connectivity index (χ1v) is 9.73. The molecule has 4 aromatic rings. The van der Waals surface area contributed by atoms with Crippen molar-refractivity contribution in [2.75, 3.05) is 12.0 Å². The third-order valence-electron chi connectivity index (χ3n) is 4.80. The molecule has 0 bridgehead atoms. The van der Waals surface area contributed by atoms with E-state index in [-0.39, 0.29) is 11.3 Å². The number of amides is 1. The molecule has 3 aromatic heterocycles. The van der Waals surface area contributed by atoms with Crippen molar-refractivity contribution >= 4 is 38.4 Å². The van der Waals surface area contributed by atoms with Gasteiger partial charge < -0.3 is 18.7 Å². The number of carbonyl (C=O) groups is 2. The Morgan fingerprint density at radius 2 is 2.00 bits per heavy atom. The number of ether oxygens (including phenoxy) is 1. The molecule has 1 N–H and O–H groups in total. The number of furan rings is 2. The van der Waals surface area contributed by atoms with Crippen LogP contribution in [-0.4, -0.2) is 28.9 Å². The fourth-order valence-corrected chi connectivity index (χ4v) is 4.43. The van der Waals surface area contributed by atoms with E-state index in [1.165, 1.54) is 34.8 Å². The van der Waals surface area contributed by atoms with Crippen LogP contribution >= 0.6 is 11.3 Å². The van der Waals surface area contributed by atoms with Gasteiger partial charge in [0.05, 0.1) is 35.4 Å². The highest BCUT2D eigenvalue weighted by molar-refractivity contribution is 7.22. The molecule has 30 heavy (non-hydrogen) atoms. The number of rotatable bonds is 5. The van der Waals surface area contributed by atoms with Crippen molar-refractivity contribution in [2.45, 2.75) is 6.04 Å². The maximum absolute atomic E-state index is 13.0. The molecule has 0 radical (unpaired) electrons. The number of hydrogen-bond donors (Lipinski definition) is 1. The van der Waals surface area contributed by atoms with Crippen LogP contribution in [0.2, 0.25) is 0 Å². The third-order valence-corrected chi connectivity index (χ3v) is 5.82. The molecule has 4 heterocycles. The van der Waals surface area contributed by atoms with Gasteiger partial charge in [-0.05, 0) is 42.5 Å². The maximum atomic E-state index is 13.0. The number of anilines is 1. The Hall–Kier alpha value is -3.85. The van der Waals surface area contributed by atoms with Crippen LogP contribution in [0.4, 0.5) is 5.13 Å². The van der Waals surface area contributed by atoms with Crippen molar-refractivity contribution in [3.63, 3.8) is 0 Å². The van der Waals surface area contributed by atoms with Crippen LogP contribution in [0.15, 0.2) is 75.2 Å². The van der Waals surface area contributed by atoms with E-state index in [9.17, 15) is 14.7 Å². The molecular weight excluding hydrogens is 408 g/mol. The van der Waals surface area contributed by atoms with Crippen LogP contribution in [0.3, 0.4) is 0 Å². The van der Waals surface area contributed by atoms with Crippen molar-refractivity contribution in [1.29, 1.82) is 0 Å². The summed E-state index contributed by atoms with van der Waals surface area (Å²) in [4.78, 5) is 31.9. The summed E-state index contributed by atoms with van der Waals surface area (Å²) in [6.07, 6.45) is 2.79. The van der Waals surface area contributed by atoms with E-state index >= 15 is 0 Å². The summed E-state index contributed by atoms with van der Waals surface area (Å²) in [5.41, 5.74) is 0.536. The molecule has 150 valence electrons. The number of aliphatic hydroxyl groups excluding tert-OH is 1. The lowest BCUT2D eigenvalue weighted by Gasteiger charge is -2.21. The lowest BCUT2D eigenvalue weighted by Crippen LogP contribution is -2.30. The van der Waals surface area contributed by atoms with Crippen LogP contribution < -0.4 is 9.64 Å². The van der Waals surface area contributed by atoms with Crippen molar-refractivity contribution in [3.05, 3.63) is 77.8 Å². The summed E-state index contributed by atoms with van der Waals surface area (Å²) in [5.74, 6) is -1.01. The van der Waals surface area contributed by atoms with Crippen LogP contribution in [0.25, 0.3) is 10.2 Å². The van der Waals surface area contributed by atoms with Crippen molar-refractivity contribution in [1.82, 2.24) is 4.98 Å². The SMILES string of the molecule is COc1ccc2nc(N3C(=O)C(O)=C(C(=O)c4ccco4)[C@H]3c3ccco3)sc2c1. The number of thiazole rings is 1. The molecule has 0 aliphatic carbocycles. The smallest absolute Gasteiger partial charge is 0.296 e. The molecule has 0 unspecified atom stereocenters. The summed E-state index contributed by atoms with van der Waals surface area (Å²) >= 11 is 1.24. The Kier molecular flexibility index (Phi) is 4.18. The molecule has 9 heteroatoms. The molecule has 1 amide bonds. The highest BCUT2D eigenvalue weighted by Crippen LogP contribution is 2.44. The zero-order chi connectivity index (χ0) is 20.8. The summed E-state index contributed by atoms with van der Waals surface area (Å²) in [5, 5.41) is 10.9.